The second-order valence-corrected chi connectivity index (χ2v) is 11.6. The topological polar surface area (TPSA) is 129 Å². The van der Waals surface area contributed by atoms with E-state index in [-0.39, 0.29) is 18.6 Å². The quantitative estimate of drug-likeness (QED) is 0.169. The summed E-state index contributed by atoms with van der Waals surface area (Å²) in [6.07, 6.45) is 1.92. The van der Waals surface area contributed by atoms with Gasteiger partial charge in [-0.25, -0.2) is 0 Å². The summed E-state index contributed by atoms with van der Waals surface area (Å²) in [5, 5.41) is 20.6. The molecule has 1 fully saturated rings. The number of nitrogens with zero attached hydrogens (tertiary/aromatic N) is 2. The number of nitrogens with one attached hydrogen (secondary N) is 5. The van der Waals surface area contributed by atoms with Crippen LogP contribution in [0.5, 0.6) is 5.75 Å². The lowest BCUT2D eigenvalue weighted by Crippen LogP contribution is -2.42. The Bertz CT molecular complexity index is 1900. The van der Waals surface area contributed by atoms with Crippen LogP contribution >= 0.6 is 0 Å². The minimum absolute atomic E-state index is 0.0469. The first-order valence-corrected chi connectivity index (χ1v) is 15.2. The van der Waals surface area contributed by atoms with Gasteiger partial charge in [0.2, 0.25) is 5.91 Å². The Kier molecular flexibility index (Phi) is 7.31. The first-order valence-electron chi connectivity index (χ1n) is 15.2. The van der Waals surface area contributed by atoms with Gasteiger partial charge < -0.3 is 35.5 Å². The van der Waals surface area contributed by atoms with E-state index in [9.17, 15) is 4.79 Å². The molecule has 5 N–H and O–H groups in total. The van der Waals surface area contributed by atoms with Crippen LogP contribution in [0, 0.1) is 13.8 Å². The van der Waals surface area contributed by atoms with Crippen LogP contribution in [0.2, 0.25) is 0 Å². The smallest absolute Gasteiger partial charge is 0.238 e. The summed E-state index contributed by atoms with van der Waals surface area (Å²) in [6.45, 7) is 8.14. The van der Waals surface area contributed by atoms with Crippen molar-refractivity contribution in [2.75, 3.05) is 37.4 Å². The second kappa shape index (κ2) is 11.4. The monoisotopic (exact) mass is 591 g/mol. The number of hydrogen-bond acceptors (Lipinski definition) is 8. The van der Waals surface area contributed by atoms with E-state index >= 15 is 0 Å². The van der Waals surface area contributed by atoms with Gasteiger partial charge in [0.15, 0.2) is 0 Å². The maximum atomic E-state index is 13.0. The molecular weight excluding hydrogens is 554 g/mol. The molecule has 0 bridgehead atoms. The Morgan fingerprint density at radius 3 is 2.57 bits per heavy atom. The molecule has 3 aromatic carbocycles. The Balaban J connectivity index is 1.27. The fourth-order valence-corrected chi connectivity index (χ4v) is 6.58. The van der Waals surface area contributed by atoms with Crippen molar-refractivity contribution in [1.29, 1.82) is 0 Å². The SMILES string of the molecule is COc1cc2c3c([nH]c2cc1-c1c(C)noc1C)NC(C)N=C3c1ccc(NC(=O)CNC2CCNCC2)c2ccccc12. The lowest BCUT2D eigenvalue weighted by atomic mass is 9.93. The van der Waals surface area contributed by atoms with Gasteiger partial charge in [0.25, 0.3) is 0 Å². The molecule has 7 rings (SSSR count). The first kappa shape index (κ1) is 28.1. The molecule has 44 heavy (non-hydrogen) atoms. The number of benzene rings is 3. The third-order valence-corrected chi connectivity index (χ3v) is 8.68. The third-order valence-electron chi connectivity index (χ3n) is 8.68. The Hall–Kier alpha value is -4.67. The van der Waals surface area contributed by atoms with E-state index in [4.69, 9.17) is 14.3 Å². The summed E-state index contributed by atoms with van der Waals surface area (Å²) in [5.74, 6) is 2.33. The molecule has 226 valence electrons. The van der Waals surface area contributed by atoms with Crippen molar-refractivity contribution in [3.05, 3.63) is 71.1 Å². The highest BCUT2D eigenvalue weighted by atomic mass is 16.5. The van der Waals surface area contributed by atoms with E-state index in [1.165, 1.54) is 0 Å². The molecule has 10 heteroatoms. The van der Waals surface area contributed by atoms with E-state index < -0.39 is 0 Å². The predicted molar refractivity (Wildman–Crippen MR) is 175 cm³/mol. The maximum Gasteiger partial charge on any atom is 0.238 e. The van der Waals surface area contributed by atoms with Crippen LogP contribution in [0.1, 0.15) is 42.3 Å². The molecule has 1 atom stereocenters. The van der Waals surface area contributed by atoms with Crippen molar-refractivity contribution < 1.29 is 14.1 Å². The molecule has 1 unspecified atom stereocenters. The molecular formula is C34H37N7O3. The van der Waals surface area contributed by atoms with Crippen LogP contribution in [0.3, 0.4) is 0 Å². The molecule has 0 radical (unpaired) electrons. The zero-order chi connectivity index (χ0) is 30.4. The summed E-state index contributed by atoms with van der Waals surface area (Å²) in [6, 6.07) is 16.7. The maximum absolute atomic E-state index is 13.0. The van der Waals surface area contributed by atoms with Gasteiger partial charge in [-0.2, -0.15) is 0 Å². The van der Waals surface area contributed by atoms with E-state index in [2.05, 4.69) is 61.7 Å². The van der Waals surface area contributed by atoms with Gasteiger partial charge >= 0.3 is 0 Å². The van der Waals surface area contributed by atoms with E-state index in [0.717, 1.165) is 104 Å². The lowest BCUT2D eigenvalue weighted by Gasteiger charge is -2.24. The fourth-order valence-electron chi connectivity index (χ4n) is 6.58. The van der Waals surface area contributed by atoms with Crippen molar-refractivity contribution in [3.8, 4) is 16.9 Å². The number of aliphatic imine (C=N–C) groups is 1. The lowest BCUT2D eigenvalue weighted by molar-refractivity contribution is -0.115. The molecule has 1 saturated heterocycles. The van der Waals surface area contributed by atoms with Gasteiger partial charge in [-0.05, 0) is 70.3 Å². The van der Waals surface area contributed by atoms with Crippen LogP contribution in [0.4, 0.5) is 11.5 Å². The summed E-state index contributed by atoms with van der Waals surface area (Å²) < 4.78 is 11.4. The van der Waals surface area contributed by atoms with Gasteiger partial charge in [-0.3, -0.25) is 9.79 Å². The normalized spacial score (nSPS) is 16.9. The highest BCUT2D eigenvalue weighted by molar-refractivity contribution is 6.28. The number of ether oxygens (including phenoxy) is 1. The summed E-state index contributed by atoms with van der Waals surface area (Å²) in [5.41, 5.74) is 7.26. The Morgan fingerprint density at radius 2 is 1.82 bits per heavy atom. The number of aryl methyl sites for hydroxylation is 2. The fraction of sp³-hybridized carbons (Fsp3) is 0.324. The first-order chi connectivity index (χ1) is 21.4. The van der Waals surface area contributed by atoms with E-state index in [0.29, 0.717) is 6.04 Å². The van der Waals surface area contributed by atoms with Gasteiger partial charge in [0.05, 0.1) is 36.2 Å². The molecule has 5 aromatic rings. The van der Waals surface area contributed by atoms with E-state index in [1.54, 1.807) is 7.11 Å². The number of aromatic nitrogens is 2. The number of carbonyl (C=O) groups excluding carboxylic acids is 1. The largest absolute Gasteiger partial charge is 0.496 e. The van der Waals surface area contributed by atoms with Crippen molar-refractivity contribution in [1.82, 2.24) is 20.8 Å². The molecule has 2 aromatic heterocycles. The molecule has 1 amide bonds. The molecule has 0 saturated carbocycles. The number of aromatic amines is 1. The number of piperidine rings is 1. The average Bonchev–Trinajstić information content (AvgIpc) is 3.57. The molecule has 2 aliphatic rings. The van der Waals surface area contributed by atoms with Crippen molar-refractivity contribution in [3.63, 3.8) is 0 Å². The van der Waals surface area contributed by atoms with Crippen molar-refractivity contribution in [2.24, 2.45) is 4.99 Å². The van der Waals surface area contributed by atoms with Crippen LogP contribution < -0.4 is 26.0 Å². The number of fused-ring (bicyclic) bond motifs is 4. The summed E-state index contributed by atoms with van der Waals surface area (Å²) in [7, 11) is 1.68. The summed E-state index contributed by atoms with van der Waals surface area (Å²) >= 11 is 0. The highest BCUT2D eigenvalue weighted by Crippen LogP contribution is 2.42. The number of amides is 1. The predicted octanol–water partition coefficient (Wildman–Crippen LogP) is 5.49. The number of rotatable bonds is 7. The summed E-state index contributed by atoms with van der Waals surface area (Å²) in [4.78, 5) is 21.7. The standard InChI is InChI=1S/C34H37N7O3/c1-18-31(19(2)44-41-18)26-15-28-25(16-29(26)43-4)32-33(37-20(3)38-34(32)40-28)24-9-10-27(23-8-6-5-7-22(23)24)39-30(42)17-36-21-11-13-35-14-12-21/h5-10,15-16,20-21,35-36,38,40H,11-14,17H2,1-4H3,(H,39,42). The van der Waals surface area contributed by atoms with Crippen molar-refractivity contribution >= 4 is 44.8 Å². The average molecular weight is 592 g/mol. The zero-order valence-electron chi connectivity index (χ0n) is 25.4. The van der Waals surface area contributed by atoms with Crippen LogP contribution in [0.15, 0.2) is 58.0 Å². The third kappa shape index (κ3) is 4.99. The van der Waals surface area contributed by atoms with E-state index in [1.807, 2.05) is 39.0 Å². The number of hydrogen-bond donors (Lipinski definition) is 5. The second-order valence-electron chi connectivity index (χ2n) is 11.6. The van der Waals surface area contributed by atoms with Crippen molar-refractivity contribution in [2.45, 2.75) is 45.8 Å². The number of carbonyl (C=O) groups is 1. The molecule has 0 spiro atoms. The molecule has 4 heterocycles. The number of methoxy groups -OCH3 is 1. The van der Waals surface area contributed by atoms with Crippen LogP contribution in [0.25, 0.3) is 32.8 Å². The highest BCUT2D eigenvalue weighted by Gasteiger charge is 2.28. The molecule has 10 nitrogen and oxygen atoms in total. The van der Waals surface area contributed by atoms with Gasteiger partial charge in [-0.15, -0.1) is 0 Å². The van der Waals surface area contributed by atoms with Crippen LogP contribution in [-0.2, 0) is 4.79 Å². The Labute approximate surface area is 255 Å². The van der Waals surface area contributed by atoms with Gasteiger partial charge in [0, 0.05) is 39.1 Å². The minimum atomic E-state index is -0.145. The minimum Gasteiger partial charge on any atom is -0.496 e. The number of H-pyrrole nitrogens is 1. The van der Waals surface area contributed by atoms with Gasteiger partial charge in [-0.1, -0.05) is 35.5 Å². The van der Waals surface area contributed by atoms with Crippen LogP contribution in [-0.4, -0.2) is 60.7 Å². The zero-order valence-corrected chi connectivity index (χ0v) is 25.4. The number of anilines is 2. The molecule has 0 aliphatic carbocycles. The Morgan fingerprint density at radius 1 is 1.02 bits per heavy atom. The van der Waals surface area contributed by atoms with Gasteiger partial charge in [0.1, 0.15) is 23.5 Å². The molecule has 2 aliphatic heterocycles.